The number of aryl methyl sites for hydroxylation is 1. The zero-order valence-electron chi connectivity index (χ0n) is 15.5. The van der Waals surface area contributed by atoms with E-state index in [-0.39, 0.29) is 16.7 Å². The van der Waals surface area contributed by atoms with Crippen molar-refractivity contribution in [2.45, 2.75) is 57.1 Å². The van der Waals surface area contributed by atoms with Gasteiger partial charge >= 0.3 is 0 Å². The summed E-state index contributed by atoms with van der Waals surface area (Å²) < 4.78 is 1.99. The van der Waals surface area contributed by atoms with Gasteiger partial charge in [-0.05, 0) is 40.7 Å². The largest absolute Gasteiger partial charge is 0.351 e. The minimum Gasteiger partial charge on any atom is -0.351 e. The Kier molecular flexibility index (Phi) is 6.06. The minimum absolute atomic E-state index is 0.0113. The molecule has 0 spiro atoms. The lowest BCUT2D eigenvalue weighted by Gasteiger charge is -2.22. The van der Waals surface area contributed by atoms with Crippen LogP contribution in [0.3, 0.4) is 0 Å². The number of thioether (sulfide) groups is 1. The van der Waals surface area contributed by atoms with Gasteiger partial charge in [-0.2, -0.15) is 0 Å². The minimum atomic E-state index is -0.266. The van der Waals surface area contributed by atoms with Crippen LogP contribution in [0.25, 0.3) is 11.4 Å². The maximum atomic E-state index is 12.3. The molecular formula is C19H26N4OS. The maximum Gasteiger partial charge on any atom is 0.233 e. The summed E-state index contributed by atoms with van der Waals surface area (Å²) in [6.45, 7) is 14.3. The number of benzene rings is 1. The van der Waals surface area contributed by atoms with Crippen LogP contribution in [0, 0.1) is 6.92 Å². The lowest BCUT2D eigenvalue weighted by Crippen LogP contribution is -2.44. The number of rotatable bonds is 6. The van der Waals surface area contributed by atoms with Gasteiger partial charge in [0.25, 0.3) is 0 Å². The number of allylic oxidation sites excluding steroid dienone is 1. The van der Waals surface area contributed by atoms with Crippen LogP contribution in [0.4, 0.5) is 0 Å². The Morgan fingerprint density at radius 3 is 2.72 bits per heavy atom. The van der Waals surface area contributed by atoms with Crippen molar-refractivity contribution in [2.75, 3.05) is 0 Å². The van der Waals surface area contributed by atoms with Crippen LogP contribution in [0.5, 0.6) is 0 Å². The highest BCUT2D eigenvalue weighted by Crippen LogP contribution is 2.27. The normalized spacial score (nSPS) is 12.7. The number of aromatic nitrogens is 3. The van der Waals surface area contributed by atoms with E-state index in [1.165, 1.54) is 11.8 Å². The van der Waals surface area contributed by atoms with E-state index in [0.717, 1.165) is 17.0 Å². The van der Waals surface area contributed by atoms with Crippen molar-refractivity contribution in [1.29, 1.82) is 0 Å². The molecule has 0 bridgehead atoms. The highest BCUT2D eigenvalue weighted by atomic mass is 32.2. The summed E-state index contributed by atoms with van der Waals surface area (Å²) in [5.74, 6) is 0.775. The van der Waals surface area contributed by atoms with Gasteiger partial charge in [0.05, 0.1) is 5.25 Å². The Morgan fingerprint density at radius 2 is 2.12 bits per heavy atom. The Labute approximate surface area is 153 Å². The quantitative estimate of drug-likeness (QED) is 0.630. The van der Waals surface area contributed by atoms with Gasteiger partial charge in [-0.3, -0.25) is 9.36 Å². The number of nitrogens with zero attached hydrogens (tertiary/aromatic N) is 3. The molecule has 2 rings (SSSR count). The number of hydrogen-bond donors (Lipinski definition) is 1. The molecular weight excluding hydrogens is 332 g/mol. The first-order chi connectivity index (χ1) is 11.7. The van der Waals surface area contributed by atoms with E-state index >= 15 is 0 Å². The van der Waals surface area contributed by atoms with Crippen LogP contribution >= 0.6 is 11.8 Å². The number of amides is 1. The molecule has 134 valence electrons. The molecule has 0 aliphatic carbocycles. The van der Waals surface area contributed by atoms with Crippen molar-refractivity contribution >= 4 is 17.7 Å². The second-order valence-corrected chi connectivity index (χ2v) is 8.38. The van der Waals surface area contributed by atoms with Gasteiger partial charge in [-0.15, -0.1) is 16.8 Å². The average Bonchev–Trinajstić information content (AvgIpc) is 2.89. The van der Waals surface area contributed by atoms with Gasteiger partial charge < -0.3 is 5.32 Å². The van der Waals surface area contributed by atoms with E-state index in [9.17, 15) is 4.79 Å². The monoisotopic (exact) mass is 358 g/mol. The van der Waals surface area contributed by atoms with Gasteiger partial charge in [0.1, 0.15) is 0 Å². The topological polar surface area (TPSA) is 59.8 Å². The first-order valence-corrected chi connectivity index (χ1v) is 9.19. The molecule has 6 heteroatoms. The highest BCUT2D eigenvalue weighted by Gasteiger charge is 2.23. The van der Waals surface area contributed by atoms with Gasteiger partial charge in [0.15, 0.2) is 11.0 Å². The zero-order valence-corrected chi connectivity index (χ0v) is 16.4. The lowest BCUT2D eigenvalue weighted by atomic mass is 10.1. The summed E-state index contributed by atoms with van der Waals surface area (Å²) in [4.78, 5) is 12.3. The third kappa shape index (κ3) is 5.19. The summed E-state index contributed by atoms with van der Waals surface area (Å²) in [5.41, 5.74) is 1.92. The molecule has 1 aromatic heterocycles. The zero-order chi connectivity index (χ0) is 18.6. The summed E-state index contributed by atoms with van der Waals surface area (Å²) >= 11 is 1.41. The molecule has 1 unspecified atom stereocenters. The molecule has 1 amide bonds. The number of nitrogens with one attached hydrogen (secondary N) is 1. The van der Waals surface area contributed by atoms with E-state index < -0.39 is 0 Å². The Morgan fingerprint density at radius 1 is 1.40 bits per heavy atom. The van der Waals surface area contributed by atoms with E-state index in [1.807, 2.05) is 63.5 Å². The van der Waals surface area contributed by atoms with Gasteiger partial charge in [0, 0.05) is 17.6 Å². The summed E-state index contributed by atoms with van der Waals surface area (Å²) in [5, 5.41) is 12.1. The molecule has 1 aromatic carbocycles. The van der Waals surface area contributed by atoms with Gasteiger partial charge in [-0.25, -0.2) is 0 Å². The predicted octanol–water partition coefficient (Wildman–Crippen LogP) is 3.83. The summed E-state index contributed by atoms with van der Waals surface area (Å²) in [7, 11) is 0. The molecule has 0 saturated heterocycles. The number of carbonyl (C=O) groups is 1. The maximum absolute atomic E-state index is 12.3. The number of hydrogen-bond acceptors (Lipinski definition) is 4. The molecule has 0 aliphatic heterocycles. The fourth-order valence-corrected chi connectivity index (χ4v) is 3.21. The Bertz CT molecular complexity index is 761. The van der Waals surface area contributed by atoms with Crippen LogP contribution in [0.15, 0.2) is 42.1 Å². The van der Waals surface area contributed by atoms with Crippen LogP contribution in [0.2, 0.25) is 0 Å². The standard InChI is InChI=1S/C19H26N4OS/c1-7-11-23-16(15-10-8-9-13(2)12-15)21-22-18(23)25-14(3)17(24)20-19(4,5)6/h7-10,12,14H,1,11H2,2-6H3,(H,20,24). The second-order valence-electron chi connectivity index (χ2n) is 7.07. The average molecular weight is 359 g/mol. The van der Waals surface area contributed by atoms with E-state index in [4.69, 9.17) is 0 Å². The predicted molar refractivity (Wildman–Crippen MR) is 104 cm³/mol. The highest BCUT2D eigenvalue weighted by molar-refractivity contribution is 8.00. The van der Waals surface area contributed by atoms with Crippen molar-refractivity contribution in [3.05, 3.63) is 42.5 Å². The van der Waals surface area contributed by atoms with Crippen molar-refractivity contribution in [3.8, 4) is 11.4 Å². The fraction of sp³-hybridized carbons (Fsp3) is 0.421. The fourth-order valence-electron chi connectivity index (χ4n) is 2.35. The molecule has 1 N–H and O–H groups in total. The van der Waals surface area contributed by atoms with Crippen molar-refractivity contribution in [3.63, 3.8) is 0 Å². The first kappa shape index (κ1) is 19.2. The van der Waals surface area contributed by atoms with Crippen molar-refractivity contribution in [1.82, 2.24) is 20.1 Å². The van der Waals surface area contributed by atoms with Crippen LogP contribution in [0.1, 0.15) is 33.3 Å². The first-order valence-electron chi connectivity index (χ1n) is 8.31. The Hall–Kier alpha value is -2.08. The molecule has 5 nitrogen and oxygen atoms in total. The van der Waals surface area contributed by atoms with E-state index in [1.54, 1.807) is 0 Å². The van der Waals surface area contributed by atoms with Crippen molar-refractivity contribution < 1.29 is 4.79 Å². The van der Waals surface area contributed by atoms with Crippen molar-refractivity contribution in [2.24, 2.45) is 0 Å². The molecule has 1 atom stereocenters. The van der Waals surface area contributed by atoms with Gasteiger partial charge in [-0.1, -0.05) is 41.6 Å². The third-order valence-corrected chi connectivity index (χ3v) is 4.53. The van der Waals surface area contributed by atoms with Crippen LogP contribution in [-0.2, 0) is 11.3 Å². The van der Waals surface area contributed by atoms with E-state index in [2.05, 4.69) is 28.2 Å². The SMILES string of the molecule is C=CCn1c(SC(C)C(=O)NC(C)(C)C)nnc1-c1cccc(C)c1. The summed E-state index contributed by atoms with van der Waals surface area (Å²) in [6.07, 6.45) is 1.81. The molecule has 25 heavy (non-hydrogen) atoms. The van der Waals surface area contributed by atoms with Crippen LogP contribution < -0.4 is 5.32 Å². The Balaban J connectivity index is 2.27. The molecule has 0 radical (unpaired) electrons. The van der Waals surface area contributed by atoms with Gasteiger partial charge in [0.2, 0.25) is 5.91 Å². The molecule has 1 heterocycles. The van der Waals surface area contributed by atoms with E-state index in [0.29, 0.717) is 11.7 Å². The second kappa shape index (κ2) is 7.87. The van der Waals surface area contributed by atoms with Crippen LogP contribution in [-0.4, -0.2) is 31.5 Å². The smallest absolute Gasteiger partial charge is 0.233 e. The molecule has 0 saturated carbocycles. The molecule has 0 fully saturated rings. The molecule has 2 aromatic rings. The summed E-state index contributed by atoms with van der Waals surface area (Å²) in [6, 6.07) is 8.14. The lowest BCUT2D eigenvalue weighted by molar-refractivity contribution is -0.121. The third-order valence-electron chi connectivity index (χ3n) is 3.45. The number of carbonyl (C=O) groups excluding carboxylic acids is 1. The molecule has 0 aliphatic rings.